The van der Waals surface area contributed by atoms with Gasteiger partial charge < -0.3 is 14.9 Å². The number of aliphatic hydroxyl groups is 1. The van der Waals surface area contributed by atoms with Crippen molar-refractivity contribution < 1.29 is 14.7 Å². The molecule has 1 atom stereocenters. The molecule has 1 heterocycles. The third-order valence-corrected chi connectivity index (χ3v) is 3.55. The van der Waals surface area contributed by atoms with Crippen LogP contribution in [0.15, 0.2) is 24.3 Å². The Morgan fingerprint density at radius 3 is 2.86 bits per heavy atom. The van der Waals surface area contributed by atoms with Crippen LogP contribution in [-0.4, -0.2) is 47.6 Å². The lowest BCUT2D eigenvalue weighted by Gasteiger charge is -2.39. The van der Waals surface area contributed by atoms with Crippen LogP contribution in [0, 0.1) is 11.3 Å². The number of benzene rings is 1. The van der Waals surface area contributed by atoms with Crippen molar-refractivity contribution in [3.8, 4) is 6.07 Å². The number of para-hydroxylation sites is 1. The fourth-order valence-electron chi connectivity index (χ4n) is 2.46. The topological polar surface area (TPSA) is 84.6 Å². The van der Waals surface area contributed by atoms with Gasteiger partial charge in [0.25, 0.3) is 0 Å². The van der Waals surface area contributed by atoms with E-state index >= 15 is 0 Å². The Hall–Kier alpha value is -2.39. The van der Waals surface area contributed by atoms with Gasteiger partial charge in [-0.15, -0.1) is 0 Å². The first kappa shape index (κ1) is 15.0. The fraction of sp³-hybridized carbons (Fsp3) is 0.400. The van der Waals surface area contributed by atoms with Crippen LogP contribution < -0.4 is 4.90 Å². The zero-order valence-corrected chi connectivity index (χ0v) is 11.8. The second-order valence-corrected chi connectivity index (χ2v) is 4.98. The molecule has 110 valence electrons. The van der Waals surface area contributed by atoms with Crippen molar-refractivity contribution in [3.05, 3.63) is 29.8 Å². The molecule has 0 bridgehead atoms. The largest absolute Gasteiger partial charge is 0.396 e. The van der Waals surface area contributed by atoms with Crippen molar-refractivity contribution in [2.75, 3.05) is 24.6 Å². The number of amides is 2. The first-order valence-corrected chi connectivity index (χ1v) is 6.78. The molecule has 0 spiro atoms. The van der Waals surface area contributed by atoms with Gasteiger partial charge in [-0.05, 0) is 19.1 Å². The minimum atomic E-state index is -0.230. The highest BCUT2D eigenvalue weighted by atomic mass is 16.3. The monoisotopic (exact) mass is 287 g/mol. The molecule has 1 N–H and O–H groups in total. The summed E-state index contributed by atoms with van der Waals surface area (Å²) in [6, 6.07) is 8.83. The van der Waals surface area contributed by atoms with Crippen LogP contribution in [-0.2, 0) is 9.59 Å². The highest BCUT2D eigenvalue weighted by molar-refractivity contribution is 5.99. The van der Waals surface area contributed by atoms with Crippen LogP contribution in [0.5, 0.6) is 0 Å². The summed E-state index contributed by atoms with van der Waals surface area (Å²) < 4.78 is 0. The lowest BCUT2D eigenvalue weighted by atomic mass is 10.1. The van der Waals surface area contributed by atoms with Gasteiger partial charge in [0, 0.05) is 19.0 Å². The van der Waals surface area contributed by atoms with E-state index in [0.29, 0.717) is 17.8 Å². The Morgan fingerprint density at radius 2 is 2.19 bits per heavy atom. The normalized spacial score (nSPS) is 18.5. The zero-order valence-electron chi connectivity index (χ0n) is 11.8. The average molecular weight is 287 g/mol. The standard InChI is InChI=1S/C15H17N3O3/c1-11-9-18(13-5-3-2-4-12(13)8-16)15(21)10-17(11)14(20)6-7-19/h2-5,11,19H,6-7,9-10H2,1H3/t11-/m0/s1. The molecule has 0 radical (unpaired) electrons. The van der Waals surface area contributed by atoms with Gasteiger partial charge in [-0.25, -0.2) is 0 Å². The van der Waals surface area contributed by atoms with E-state index in [2.05, 4.69) is 6.07 Å². The second kappa shape index (κ2) is 6.37. The van der Waals surface area contributed by atoms with Crippen molar-refractivity contribution in [1.82, 2.24) is 4.90 Å². The van der Waals surface area contributed by atoms with Crippen LogP contribution in [0.25, 0.3) is 0 Å². The van der Waals surface area contributed by atoms with E-state index < -0.39 is 0 Å². The molecule has 1 saturated heterocycles. The van der Waals surface area contributed by atoms with E-state index in [4.69, 9.17) is 10.4 Å². The summed E-state index contributed by atoms with van der Waals surface area (Å²) >= 11 is 0. The number of anilines is 1. The Morgan fingerprint density at radius 1 is 1.48 bits per heavy atom. The fourth-order valence-corrected chi connectivity index (χ4v) is 2.46. The number of nitrogens with zero attached hydrogens (tertiary/aromatic N) is 3. The lowest BCUT2D eigenvalue weighted by Crippen LogP contribution is -2.57. The molecular formula is C15H17N3O3. The van der Waals surface area contributed by atoms with Gasteiger partial charge in [0.2, 0.25) is 11.8 Å². The van der Waals surface area contributed by atoms with Crippen LogP contribution in [0.1, 0.15) is 18.9 Å². The summed E-state index contributed by atoms with van der Waals surface area (Å²) in [7, 11) is 0. The number of hydrogen-bond donors (Lipinski definition) is 1. The maximum absolute atomic E-state index is 12.3. The maximum Gasteiger partial charge on any atom is 0.246 e. The summed E-state index contributed by atoms with van der Waals surface area (Å²) in [5.74, 6) is -0.450. The number of rotatable bonds is 3. The van der Waals surface area contributed by atoms with Gasteiger partial charge in [-0.2, -0.15) is 5.26 Å². The van der Waals surface area contributed by atoms with Crippen molar-refractivity contribution in [1.29, 1.82) is 5.26 Å². The minimum absolute atomic E-state index is 0.0202. The zero-order chi connectivity index (χ0) is 15.4. The van der Waals surface area contributed by atoms with E-state index in [9.17, 15) is 9.59 Å². The second-order valence-electron chi connectivity index (χ2n) is 4.98. The molecule has 21 heavy (non-hydrogen) atoms. The van der Waals surface area contributed by atoms with Gasteiger partial charge in [0.05, 0.1) is 17.9 Å². The summed E-state index contributed by atoms with van der Waals surface area (Å²) in [6.07, 6.45) is 0.0202. The number of hydrogen-bond acceptors (Lipinski definition) is 4. The number of carbonyl (C=O) groups excluding carboxylic acids is 2. The van der Waals surface area contributed by atoms with Crippen LogP contribution in [0.3, 0.4) is 0 Å². The van der Waals surface area contributed by atoms with Gasteiger partial charge >= 0.3 is 0 Å². The minimum Gasteiger partial charge on any atom is -0.396 e. The molecule has 6 nitrogen and oxygen atoms in total. The summed E-state index contributed by atoms with van der Waals surface area (Å²) in [4.78, 5) is 27.2. The van der Waals surface area contributed by atoms with Crippen molar-refractivity contribution >= 4 is 17.5 Å². The summed E-state index contributed by atoms with van der Waals surface area (Å²) in [5, 5.41) is 18.0. The van der Waals surface area contributed by atoms with Crippen molar-refractivity contribution in [2.45, 2.75) is 19.4 Å². The molecule has 2 amide bonds. The molecule has 0 unspecified atom stereocenters. The quantitative estimate of drug-likeness (QED) is 0.877. The maximum atomic E-state index is 12.3. The summed E-state index contributed by atoms with van der Waals surface area (Å²) in [6.45, 7) is 1.94. The first-order chi connectivity index (χ1) is 10.1. The van der Waals surface area contributed by atoms with E-state index in [1.807, 2.05) is 6.92 Å². The van der Waals surface area contributed by atoms with E-state index in [0.717, 1.165) is 0 Å². The van der Waals surface area contributed by atoms with Crippen molar-refractivity contribution in [3.63, 3.8) is 0 Å². The Bertz CT molecular complexity index is 594. The van der Waals surface area contributed by atoms with Crippen molar-refractivity contribution in [2.24, 2.45) is 0 Å². The third-order valence-electron chi connectivity index (χ3n) is 3.55. The highest BCUT2D eigenvalue weighted by Crippen LogP contribution is 2.24. The predicted octanol–water partition coefficient (Wildman–Crippen LogP) is 0.504. The van der Waals surface area contributed by atoms with Crippen LogP contribution in [0.4, 0.5) is 5.69 Å². The number of aliphatic hydroxyl groups excluding tert-OH is 1. The van der Waals surface area contributed by atoms with Gasteiger partial charge in [-0.1, -0.05) is 12.1 Å². The first-order valence-electron chi connectivity index (χ1n) is 6.78. The Labute approximate surface area is 123 Å². The molecular weight excluding hydrogens is 270 g/mol. The smallest absolute Gasteiger partial charge is 0.246 e. The average Bonchev–Trinajstić information content (AvgIpc) is 2.49. The molecule has 1 aliphatic heterocycles. The van der Waals surface area contributed by atoms with Gasteiger partial charge in [0.15, 0.2) is 0 Å². The molecule has 1 aliphatic rings. The Balaban J connectivity index is 2.22. The van der Waals surface area contributed by atoms with Gasteiger partial charge in [0.1, 0.15) is 12.6 Å². The molecule has 1 aromatic carbocycles. The molecule has 1 aromatic rings. The number of nitriles is 1. The number of carbonyl (C=O) groups is 2. The molecule has 0 saturated carbocycles. The molecule has 6 heteroatoms. The molecule has 1 fully saturated rings. The predicted molar refractivity (Wildman–Crippen MR) is 76.4 cm³/mol. The highest BCUT2D eigenvalue weighted by Gasteiger charge is 2.33. The number of piperazine rings is 1. The van der Waals surface area contributed by atoms with E-state index in [1.54, 1.807) is 29.2 Å². The molecule has 0 aliphatic carbocycles. The SMILES string of the molecule is C[C@H]1CN(c2ccccc2C#N)C(=O)CN1C(=O)CCO. The van der Waals surface area contributed by atoms with Crippen LogP contribution >= 0.6 is 0 Å². The van der Waals surface area contributed by atoms with Crippen LogP contribution in [0.2, 0.25) is 0 Å². The lowest BCUT2D eigenvalue weighted by molar-refractivity contribution is -0.139. The Kier molecular flexibility index (Phi) is 4.55. The summed E-state index contributed by atoms with van der Waals surface area (Å²) in [5.41, 5.74) is 1.01. The molecule has 2 rings (SSSR count). The van der Waals surface area contributed by atoms with Gasteiger partial charge in [-0.3, -0.25) is 9.59 Å². The molecule has 0 aromatic heterocycles. The van der Waals surface area contributed by atoms with E-state index in [-0.39, 0.29) is 37.4 Å². The third kappa shape index (κ3) is 3.03. The van der Waals surface area contributed by atoms with E-state index in [1.165, 1.54) is 4.90 Å².